The van der Waals surface area contributed by atoms with E-state index in [-0.39, 0.29) is 5.56 Å². The lowest BCUT2D eigenvalue weighted by molar-refractivity contribution is 0.385. The molecule has 0 spiro atoms. The van der Waals surface area contributed by atoms with Crippen molar-refractivity contribution in [1.82, 2.24) is 24.9 Å². The Morgan fingerprint density at radius 2 is 1.93 bits per heavy atom. The lowest BCUT2D eigenvalue weighted by Gasteiger charge is -2.08. The van der Waals surface area contributed by atoms with Crippen molar-refractivity contribution in [2.24, 2.45) is 12.8 Å². The van der Waals surface area contributed by atoms with Crippen molar-refractivity contribution in [3.05, 3.63) is 62.9 Å². The largest absolute Gasteiger partial charge is 0.339 e. The van der Waals surface area contributed by atoms with Crippen LogP contribution in [0, 0.1) is 13.8 Å². The van der Waals surface area contributed by atoms with Gasteiger partial charge >= 0.3 is 0 Å². The van der Waals surface area contributed by atoms with E-state index in [1.807, 2.05) is 38.1 Å². The molecule has 3 heterocycles. The molecule has 4 rings (SSSR count). The third kappa shape index (κ3) is 2.93. The van der Waals surface area contributed by atoms with Crippen LogP contribution in [0.25, 0.3) is 22.4 Å². The van der Waals surface area contributed by atoms with Gasteiger partial charge in [0.15, 0.2) is 5.65 Å². The molecule has 4 aromatic rings. The first-order valence-corrected chi connectivity index (χ1v) is 8.64. The van der Waals surface area contributed by atoms with Gasteiger partial charge < -0.3 is 10.3 Å². The topological polar surface area (TPSA) is 116 Å². The second kappa shape index (κ2) is 6.48. The molecule has 3 N–H and O–H groups in total. The van der Waals surface area contributed by atoms with Crippen LogP contribution in [0.3, 0.4) is 0 Å². The first-order valence-electron chi connectivity index (χ1n) is 8.64. The van der Waals surface area contributed by atoms with Crippen LogP contribution in [-0.4, -0.2) is 24.9 Å². The number of rotatable bonds is 4. The first kappa shape index (κ1) is 17.2. The fourth-order valence-electron chi connectivity index (χ4n) is 3.29. The van der Waals surface area contributed by atoms with Gasteiger partial charge in [0.25, 0.3) is 5.56 Å². The molecule has 8 nitrogen and oxygen atoms in total. The standard InChI is InChI=1S/C19H20N6O2/c1-10-14(11(2)21-18-16(10)19(26)23-25(18)3)8-15-22-17(24-27-15)13-6-4-12(9-20)5-7-13/h4-7H,8-9,20H2,1-3H3,(H,23,26). The lowest BCUT2D eigenvalue weighted by Crippen LogP contribution is -2.05. The van der Waals surface area contributed by atoms with Gasteiger partial charge in [-0.1, -0.05) is 29.4 Å². The summed E-state index contributed by atoms with van der Waals surface area (Å²) < 4.78 is 7.07. The number of hydrogen-bond donors (Lipinski definition) is 2. The summed E-state index contributed by atoms with van der Waals surface area (Å²) in [6.07, 6.45) is 0.419. The van der Waals surface area contributed by atoms with Crippen molar-refractivity contribution in [2.45, 2.75) is 26.8 Å². The predicted molar refractivity (Wildman–Crippen MR) is 101 cm³/mol. The maximum absolute atomic E-state index is 12.2. The summed E-state index contributed by atoms with van der Waals surface area (Å²) in [5.41, 5.74) is 10.7. The summed E-state index contributed by atoms with van der Waals surface area (Å²) >= 11 is 0. The fourth-order valence-corrected chi connectivity index (χ4v) is 3.29. The van der Waals surface area contributed by atoms with Crippen LogP contribution < -0.4 is 11.3 Å². The van der Waals surface area contributed by atoms with E-state index in [1.165, 1.54) is 0 Å². The number of aryl methyl sites for hydroxylation is 3. The highest BCUT2D eigenvalue weighted by Crippen LogP contribution is 2.23. The predicted octanol–water partition coefficient (Wildman–Crippen LogP) is 1.98. The highest BCUT2D eigenvalue weighted by Gasteiger charge is 2.18. The number of pyridine rings is 1. The van der Waals surface area contributed by atoms with Gasteiger partial charge in [0.1, 0.15) is 0 Å². The zero-order valence-corrected chi connectivity index (χ0v) is 15.4. The van der Waals surface area contributed by atoms with Crippen LogP contribution >= 0.6 is 0 Å². The Morgan fingerprint density at radius 3 is 2.63 bits per heavy atom. The van der Waals surface area contributed by atoms with Crippen LogP contribution in [0.15, 0.2) is 33.6 Å². The SMILES string of the molecule is Cc1nc2c(c(C)c1Cc1nc(-c3ccc(CN)cc3)no1)c(=O)[nH]n2C. The Hall–Kier alpha value is -3.26. The van der Waals surface area contributed by atoms with Gasteiger partial charge in [-0.2, -0.15) is 4.98 Å². The van der Waals surface area contributed by atoms with E-state index in [0.717, 1.165) is 27.9 Å². The Kier molecular flexibility index (Phi) is 4.12. The molecule has 0 aliphatic carbocycles. The molecule has 27 heavy (non-hydrogen) atoms. The van der Waals surface area contributed by atoms with Crippen LogP contribution in [0.4, 0.5) is 0 Å². The van der Waals surface area contributed by atoms with E-state index < -0.39 is 0 Å². The Bertz CT molecular complexity index is 1180. The van der Waals surface area contributed by atoms with E-state index in [4.69, 9.17) is 10.3 Å². The van der Waals surface area contributed by atoms with E-state index in [2.05, 4.69) is 20.2 Å². The molecule has 8 heteroatoms. The van der Waals surface area contributed by atoms with Crippen molar-refractivity contribution in [2.75, 3.05) is 0 Å². The van der Waals surface area contributed by atoms with Crippen molar-refractivity contribution >= 4 is 11.0 Å². The maximum atomic E-state index is 12.2. The summed E-state index contributed by atoms with van der Waals surface area (Å²) in [7, 11) is 1.77. The van der Waals surface area contributed by atoms with Crippen LogP contribution in [0.2, 0.25) is 0 Å². The van der Waals surface area contributed by atoms with Gasteiger partial charge in [0.2, 0.25) is 11.7 Å². The van der Waals surface area contributed by atoms with Gasteiger partial charge in [-0.15, -0.1) is 0 Å². The van der Waals surface area contributed by atoms with Gasteiger partial charge in [0.05, 0.1) is 11.8 Å². The normalized spacial score (nSPS) is 11.4. The molecule has 0 radical (unpaired) electrons. The molecule has 0 aliphatic heterocycles. The number of aromatic nitrogens is 5. The van der Waals surface area contributed by atoms with E-state index in [1.54, 1.807) is 11.7 Å². The fraction of sp³-hybridized carbons (Fsp3) is 0.263. The lowest BCUT2D eigenvalue weighted by atomic mass is 10.0. The third-order valence-corrected chi connectivity index (χ3v) is 4.82. The van der Waals surface area contributed by atoms with Gasteiger partial charge in [-0.05, 0) is 30.5 Å². The average molecular weight is 364 g/mol. The molecule has 0 unspecified atom stereocenters. The van der Waals surface area contributed by atoms with E-state index >= 15 is 0 Å². The van der Waals surface area contributed by atoms with Gasteiger partial charge in [-0.25, -0.2) is 4.98 Å². The minimum absolute atomic E-state index is 0.148. The number of benzene rings is 1. The quantitative estimate of drug-likeness (QED) is 0.572. The molecule has 0 aliphatic rings. The van der Waals surface area contributed by atoms with Gasteiger partial charge in [0, 0.05) is 24.8 Å². The molecule has 0 bridgehead atoms. The Morgan fingerprint density at radius 1 is 1.19 bits per heavy atom. The summed E-state index contributed by atoms with van der Waals surface area (Å²) in [6.45, 7) is 4.33. The molecule has 0 fully saturated rings. The smallest absolute Gasteiger partial charge is 0.273 e. The van der Waals surface area contributed by atoms with Crippen molar-refractivity contribution in [1.29, 1.82) is 0 Å². The second-order valence-corrected chi connectivity index (χ2v) is 6.59. The highest BCUT2D eigenvalue weighted by molar-refractivity contribution is 5.80. The molecule has 138 valence electrons. The Balaban J connectivity index is 1.69. The zero-order valence-electron chi connectivity index (χ0n) is 15.4. The van der Waals surface area contributed by atoms with Crippen molar-refractivity contribution in [3.8, 4) is 11.4 Å². The highest BCUT2D eigenvalue weighted by atomic mass is 16.5. The second-order valence-electron chi connectivity index (χ2n) is 6.59. The molecular weight excluding hydrogens is 344 g/mol. The number of fused-ring (bicyclic) bond motifs is 1. The molecule has 0 saturated heterocycles. The monoisotopic (exact) mass is 364 g/mol. The molecule has 3 aromatic heterocycles. The van der Waals surface area contributed by atoms with Gasteiger partial charge in [-0.3, -0.25) is 14.6 Å². The van der Waals surface area contributed by atoms with Crippen LogP contribution in [-0.2, 0) is 20.0 Å². The summed E-state index contributed by atoms with van der Waals surface area (Å²) in [5, 5.41) is 7.41. The van der Waals surface area contributed by atoms with Crippen LogP contribution in [0.5, 0.6) is 0 Å². The summed E-state index contributed by atoms with van der Waals surface area (Å²) in [4.78, 5) is 21.3. The number of nitrogens with zero attached hydrogens (tertiary/aromatic N) is 4. The molecule has 0 atom stereocenters. The maximum Gasteiger partial charge on any atom is 0.273 e. The van der Waals surface area contributed by atoms with E-state index in [0.29, 0.717) is 35.7 Å². The van der Waals surface area contributed by atoms with Crippen molar-refractivity contribution in [3.63, 3.8) is 0 Å². The van der Waals surface area contributed by atoms with Crippen molar-refractivity contribution < 1.29 is 4.52 Å². The number of hydrogen-bond acceptors (Lipinski definition) is 6. The summed E-state index contributed by atoms with van der Waals surface area (Å²) in [6, 6.07) is 7.73. The molecule has 0 saturated carbocycles. The average Bonchev–Trinajstić information content (AvgIpc) is 3.23. The van der Waals surface area contributed by atoms with E-state index in [9.17, 15) is 4.79 Å². The molecule has 0 amide bonds. The molecular formula is C19H20N6O2. The number of aromatic amines is 1. The zero-order chi connectivity index (χ0) is 19.1. The number of nitrogens with two attached hydrogens (primary N) is 1. The van der Waals surface area contributed by atoms with Crippen LogP contribution in [0.1, 0.15) is 28.3 Å². The third-order valence-electron chi connectivity index (χ3n) is 4.82. The first-order chi connectivity index (χ1) is 13.0. The minimum atomic E-state index is -0.148. The minimum Gasteiger partial charge on any atom is -0.339 e. The molecule has 1 aromatic carbocycles. The number of H-pyrrole nitrogens is 1. The summed E-state index contributed by atoms with van der Waals surface area (Å²) in [5.74, 6) is 1.00. The Labute approximate surface area is 155 Å². The number of nitrogens with one attached hydrogen (secondary N) is 1.